The van der Waals surface area contributed by atoms with Gasteiger partial charge in [-0.15, -0.1) is 12.6 Å². The van der Waals surface area contributed by atoms with Crippen molar-refractivity contribution in [3.63, 3.8) is 0 Å². The smallest absolute Gasteiger partial charge is 0.181 e. The van der Waals surface area contributed by atoms with Crippen LogP contribution in [0.3, 0.4) is 0 Å². The molecule has 0 aromatic heterocycles. The molecule has 1 aliphatic heterocycles. The average Bonchev–Trinajstić information content (AvgIpc) is 2.83. The maximum atomic E-state index is 4.46. The van der Waals surface area contributed by atoms with E-state index >= 15 is 0 Å². The van der Waals surface area contributed by atoms with Gasteiger partial charge in [0.1, 0.15) is 6.67 Å². The summed E-state index contributed by atoms with van der Waals surface area (Å²) in [6, 6.07) is 18.3. The van der Waals surface area contributed by atoms with Gasteiger partial charge < -0.3 is 0 Å². The van der Waals surface area contributed by atoms with E-state index < -0.39 is 0 Å². The Hall–Kier alpha value is -1.46. The lowest BCUT2D eigenvalue weighted by Gasteiger charge is -2.30. The molecule has 96 valence electrons. The highest BCUT2D eigenvalue weighted by Gasteiger charge is 2.25. The lowest BCUT2D eigenvalue weighted by Crippen LogP contribution is -2.40. The lowest BCUT2D eigenvalue weighted by molar-refractivity contribution is 0.904. The van der Waals surface area contributed by atoms with Gasteiger partial charge in [0.15, 0.2) is 5.17 Å². The van der Waals surface area contributed by atoms with E-state index in [0.29, 0.717) is 11.8 Å². The predicted molar refractivity (Wildman–Crippen MR) is 86.8 cm³/mol. The molecule has 0 radical (unpaired) electrons. The van der Waals surface area contributed by atoms with Crippen LogP contribution in [0.25, 0.3) is 0 Å². The van der Waals surface area contributed by atoms with Crippen molar-refractivity contribution in [2.75, 3.05) is 16.7 Å². The van der Waals surface area contributed by atoms with Crippen LogP contribution in [0.1, 0.15) is 0 Å². The summed E-state index contributed by atoms with van der Waals surface area (Å²) in [5.41, 5.74) is 2.14. The highest BCUT2D eigenvalue weighted by Crippen LogP contribution is 2.28. The molecule has 0 saturated heterocycles. The molecule has 0 N–H and O–H groups in total. The van der Waals surface area contributed by atoms with Gasteiger partial charge in [-0.2, -0.15) is 0 Å². The van der Waals surface area contributed by atoms with Crippen LogP contribution in [-0.2, 0) is 0 Å². The Morgan fingerprint density at radius 3 is 2.32 bits per heavy atom. The zero-order valence-corrected chi connectivity index (χ0v) is 12.6. The maximum absolute atomic E-state index is 4.46. The molecule has 2 aromatic rings. The van der Waals surface area contributed by atoms with E-state index in [0.717, 1.165) is 15.8 Å². The number of hydrogen-bond acceptors (Lipinski definition) is 3. The first kappa shape index (κ1) is 12.6. The first-order chi connectivity index (χ1) is 9.25. The number of para-hydroxylation sites is 1. The standard InChI is InChI=1S/C14H12BrN3S/c15-11-6-8-13(9-7-11)18-14(19)16-10-17(18)12-4-2-1-3-5-12/h1-9H,10H2,(H,16,19). The molecule has 0 aliphatic carbocycles. The molecule has 0 spiro atoms. The lowest BCUT2D eigenvalue weighted by atomic mass is 10.3. The van der Waals surface area contributed by atoms with Crippen molar-refractivity contribution >= 4 is 45.1 Å². The van der Waals surface area contributed by atoms with Crippen molar-refractivity contribution in [1.29, 1.82) is 0 Å². The molecule has 0 fully saturated rings. The fourth-order valence-corrected chi connectivity index (χ4v) is 2.55. The van der Waals surface area contributed by atoms with Crippen LogP contribution in [0, 0.1) is 0 Å². The van der Waals surface area contributed by atoms with Gasteiger partial charge in [0.05, 0.1) is 11.4 Å². The number of anilines is 2. The number of benzene rings is 2. The summed E-state index contributed by atoms with van der Waals surface area (Å²) in [6.45, 7) is 0.582. The quantitative estimate of drug-likeness (QED) is 0.839. The number of hydrogen-bond donors (Lipinski definition) is 1. The van der Waals surface area contributed by atoms with Crippen molar-refractivity contribution in [2.24, 2.45) is 4.99 Å². The second-order valence-electron chi connectivity index (χ2n) is 4.12. The van der Waals surface area contributed by atoms with E-state index in [2.05, 4.69) is 50.7 Å². The minimum absolute atomic E-state index is 0.582. The third-order valence-electron chi connectivity index (χ3n) is 2.90. The van der Waals surface area contributed by atoms with Gasteiger partial charge in [-0.3, -0.25) is 5.01 Å². The molecule has 0 saturated carbocycles. The van der Waals surface area contributed by atoms with E-state index in [4.69, 9.17) is 0 Å². The Kier molecular flexibility index (Phi) is 3.48. The Morgan fingerprint density at radius 1 is 0.947 bits per heavy atom. The van der Waals surface area contributed by atoms with Crippen LogP contribution in [0.2, 0.25) is 0 Å². The number of nitrogens with zero attached hydrogens (tertiary/aromatic N) is 3. The van der Waals surface area contributed by atoms with Crippen LogP contribution in [0.15, 0.2) is 64.1 Å². The summed E-state index contributed by atoms with van der Waals surface area (Å²) in [6.07, 6.45) is 0. The van der Waals surface area contributed by atoms with Gasteiger partial charge in [-0.1, -0.05) is 34.1 Å². The van der Waals surface area contributed by atoms with E-state index in [1.54, 1.807) is 0 Å². The average molecular weight is 334 g/mol. The third kappa shape index (κ3) is 2.48. The van der Waals surface area contributed by atoms with Crippen molar-refractivity contribution in [3.8, 4) is 0 Å². The summed E-state index contributed by atoms with van der Waals surface area (Å²) < 4.78 is 1.05. The molecule has 3 nitrogen and oxygen atoms in total. The predicted octanol–water partition coefficient (Wildman–Crippen LogP) is 3.93. The van der Waals surface area contributed by atoms with Gasteiger partial charge in [0.2, 0.25) is 0 Å². The van der Waals surface area contributed by atoms with Gasteiger partial charge in [0, 0.05) is 4.47 Å². The fourth-order valence-electron chi connectivity index (χ4n) is 2.00. The summed E-state index contributed by atoms with van der Waals surface area (Å²) in [4.78, 5) is 4.40. The van der Waals surface area contributed by atoms with Crippen LogP contribution in [0.4, 0.5) is 11.4 Å². The van der Waals surface area contributed by atoms with E-state index in [-0.39, 0.29) is 0 Å². The summed E-state index contributed by atoms with van der Waals surface area (Å²) >= 11 is 7.90. The monoisotopic (exact) mass is 333 g/mol. The Labute approximate surface area is 126 Å². The molecule has 2 aromatic carbocycles. The van der Waals surface area contributed by atoms with E-state index in [1.807, 2.05) is 47.5 Å². The van der Waals surface area contributed by atoms with Crippen molar-refractivity contribution in [2.45, 2.75) is 0 Å². The second-order valence-corrected chi connectivity index (χ2v) is 5.44. The van der Waals surface area contributed by atoms with Gasteiger partial charge in [-0.05, 0) is 36.4 Å². The minimum Gasteiger partial charge on any atom is -0.257 e. The number of aliphatic imine (C=N–C) groups is 1. The van der Waals surface area contributed by atoms with Crippen LogP contribution < -0.4 is 10.0 Å². The van der Waals surface area contributed by atoms with Gasteiger partial charge in [-0.25, -0.2) is 10.0 Å². The third-order valence-corrected chi connectivity index (χ3v) is 3.76. The molecule has 5 heteroatoms. The molecule has 0 amide bonds. The largest absolute Gasteiger partial charge is 0.257 e. The van der Waals surface area contributed by atoms with Crippen molar-refractivity contribution in [3.05, 3.63) is 59.1 Å². The normalized spacial score (nSPS) is 14.7. The second kappa shape index (κ2) is 5.27. The topological polar surface area (TPSA) is 18.8 Å². The Balaban J connectivity index is 1.97. The number of hydrazine groups is 1. The number of thiol groups is 1. The fraction of sp³-hybridized carbons (Fsp3) is 0.0714. The summed E-state index contributed by atoms with van der Waals surface area (Å²) in [5, 5.41) is 4.79. The maximum Gasteiger partial charge on any atom is 0.181 e. The molecule has 1 aliphatic rings. The number of amidine groups is 1. The van der Waals surface area contributed by atoms with Crippen molar-refractivity contribution in [1.82, 2.24) is 0 Å². The summed E-state index contributed by atoms with van der Waals surface area (Å²) in [7, 11) is 0. The molecule has 0 bridgehead atoms. The first-order valence-corrected chi connectivity index (χ1v) is 7.11. The van der Waals surface area contributed by atoms with Crippen LogP contribution >= 0.6 is 28.6 Å². The Bertz CT molecular complexity index is 598. The highest BCUT2D eigenvalue weighted by molar-refractivity contribution is 9.10. The molecule has 1 heterocycles. The van der Waals surface area contributed by atoms with Crippen LogP contribution in [-0.4, -0.2) is 11.8 Å². The summed E-state index contributed by atoms with van der Waals surface area (Å²) in [5.74, 6) is 0. The SMILES string of the molecule is SC1=NCN(c2ccccc2)N1c1ccc(Br)cc1. The van der Waals surface area contributed by atoms with Gasteiger partial charge in [0.25, 0.3) is 0 Å². The van der Waals surface area contributed by atoms with Crippen molar-refractivity contribution < 1.29 is 0 Å². The molecular weight excluding hydrogens is 322 g/mol. The zero-order chi connectivity index (χ0) is 13.2. The Morgan fingerprint density at radius 2 is 1.63 bits per heavy atom. The molecule has 19 heavy (non-hydrogen) atoms. The molecule has 0 unspecified atom stereocenters. The highest BCUT2D eigenvalue weighted by atomic mass is 79.9. The number of rotatable bonds is 2. The molecular formula is C14H12BrN3S. The van der Waals surface area contributed by atoms with E-state index in [9.17, 15) is 0 Å². The first-order valence-electron chi connectivity index (χ1n) is 5.87. The van der Waals surface area contributed by atoms with Gasteiger partial charge >= 0.3 is 0 Å². The molecule has 3 rings (SSSR count). The zero-order valence-electron chi connectivity index (χ0n) is 10.1. The number of halogens is 1. The van der Waals surface area contributed by atoms with Crippen LogP contribution in [0.5, 0.6) is 0 Å². The molecule has 0 atom stereocenters. The van der Waals surface area contributed by atoms with E-state index in [1.165, 1.54) is 0 Å². The minimum atomic E-state index is 0.582.